The summed E-state index contributed by atoms with van der Waals surface area (Å²) in [5.41, 5.74) is 1.30. The minimum Gasteiger partial charge on any atom is -0.263 e. The number of benzene rings is 1. The van der Waals surface area contributed by atoms with Crippen LogP contribution in [0.1, 0.15) is 30.2 Å². The summed E-state index contributed by atoms with van der Waals surface area (Å²) in [6, 6.07) is 10.3. The fourth-order valence-electron chi connectivity index (χ4n) is 2.05. The number of H-pyrrole nitrogens is 1. The Morgan fingerprint density at radius 2 is 2.05 bits per heavy atom. The fourth-order valence-corrected chi connectivity index (χ4v) is 2.05. The third kappa shape index (κ3) is 2.74. The van der Waals surface area contributed by atoms with Crippen molar-refractivity contribution in [1.82, 2.24) is 29.9 Å². The summed E-state index contributed by atoms with van der Waals surface area (Å²) >= 11 is 0. The van der Waals surface area contributed by atoms with Crippen LogP contribution < -0.4 is 0 Å². The molecule has 102 valence electrons. The molecule has 20 heavy (non-hydrogen) atoms. The average molecular weight is 268 g/mol. The Labute approximate surface area is 116 Å². The van der Waals surface area contributed by atoms with Gasteiger partial charge in [0.05, 0.1) is 0 Å². The number of hydrogen-bond acceptors (Lipinski definition) is 4. The van der Waals surface area contributed by atoms with Crippen molar-refractivity contribution in [2.45, 2.75) is 25.8 Å². The summed E-state index contributed by atoms with van der Waals surface area (Å²) in [7, 11) is 0. The normalized spacial score (nSPS) is 12.4. The molecule has 0 aliphatic heterocycles. The SMILES string of the molecule is C[C@H](c1n[nH]c(CCc2ccccc2)n1)n1cncn1. The Morgan fingerprint density at radius 1 is 1.20 bits per heavy atom. The van der Waals surface area contributed by atoms with Gasteiger partial charge in [0.25, 0.3) is 0 Å². The second kappa shape index (κ2) is 5.64. The predicted molar refractivity (Wildman–Crippen MR) is 74.1 cm³/mol. The van der Waals surface area contributed by atoms with Crippen molar-refractivity contribution >= 4 is 0 Å². The maximum absolute atomic E-state index is 4.53. The summed E-state index contributed by atoms with van der Waals surface area (Å²) in [5.74, 6) is 1.63. The average Bonchev–Trinajstić information content (AvgIpc) is 3.17. The molecule has 2 aromatic heterocycles. The van der Waals surface area contributed by atoms with Crippen molar-refractivity contribution in [3.8, 4) is 0 Å². The van der Waals surface area contributed by atoms with Crippen LogP contribution in [0, 0.1) is 0 Å². The van der Waals surface area contributed by atoms with Crippen LogP contribution in [0.25, 0.3) is 0 Å². The van der Waals surface area contributed by atoms with E-state index >= 15 is 0 Å². The molecule has 0 bridgehead atoms. The van der Waals surface area contributed by atoms with Gasteiger partial charge < -0.3 is 0 Å². The van der Waals surface area contributed by atoms with Crippen molar-refractivity contribution in [3.63, 3.8) is 0 Å². The zero-order chi connectivity index (χ0) is 13.8. The quantitative estimate of drug-likeness (QED) is 0.765. The van der Waals surface area contributed by atoms with E-state index in [1.807, 2.05) is 25.1 Å². The van der Waals surface area contributed by atoms with E-state index in [9.17, 15) is 0 Å². The number of aromatic amines is 1. The second-order valence-electron chi connectivity index (χ2n) is 4.68. The van der Waals surface area contributed by atoms with Crippen LogP contribution in [0.2, 0.25) is 0 Å². The third-order valence-corrected chi connectivity index (χ3v) is 3.25. The zero-order valence-corrected chi connectivity index (χ0v) is 11.3. The molecule has 0 saturated carbocycles. The highest BCUT2D eigenvalue weighted by atomic mass is 15.4. The lowest BCUT2D eigenvalue weighted by molar-refractivity contribution is 0.536. The molecule has 0 fully saturated rings. The van der Waals surface area contributed by atoms with Gasteiger partial charge >= 0.3 is 0 Å². The summed E-state index contributed by atoms with van der Waals surface area (Å²) in [6.45, 7) is 2.00. The molecule has 3 rings (SSSR count). The molecule has 0 aliphatic rings. The maximum Gasteiger partial charge on any atom is 0.174 e. The molecule has 1 atom stereocenters. The molecule has 2 heterocycles. The third-order valence-electron chi connectivity index (χ3n) is 3.25. The molecular formula is C14H16N6. The lowest BCUT2D eigenvalue weighted by atomic mass is 10.1. The summed E-state index contributed by atoms with van der Waals surface area (Å²) in [5, 5.41) is 11.4. The molecular weight excluding hydrogens is 252 g/mol. The Hall–Kier alpha value is -2.50. The van der Waals surface area contributed by atoms with Crippen LogP contribution in [-0.4, -0.2) is 29.9 Å². The maximum atomic E-state index is 4.53. The largest absolute Gasteiger partial charge is 0.263 e. The van der Waals surface area contributed by atoms with E-state index < -0.39 is 0 Å². The lowest BCUT2D eigenvalue weighted by Crippen LogP contribution is -2.09. The number of aryl methyl sites for hydroxylation is 2. The first-order valence-corrected chi connectivity index (χ1v) is 6.62. The van der Waals surface area contributed by atoms with Crippen molar-refractivity contribution in [3.05, 3.63) is 60.2 Å². The van der Waals surface area contributed by atoms with E-state index in [-0.39, 0.29) is 6.04 Å². The highest BCUT2D eigenvalue weighted by Gasteiger charge is 2.13. The van der Waals surface area contributed by atoms with E-state index in [0.717, 1.165) is 24.5 Å². The topological polar surface area (TPSA) is 72.3 Å². The Balaban J connectivity index is 1.65. The van der Waals surface area contributed by atoms with Crippen LogP contribution in [0.5, 0.6) is 0 Å². The van der Waals surface area contributed by atoms with Gasteiger partial charge in [-0.25, -0.2) is 14.6 Å². The van der Waals surface area contributed by atoms with Gasteiger partial charge in [-0.1, -0.05) is 30.3 Å². The van der Waals surface area contributed by atoms with E-state index in [0.29, 0.717) is 0 Å². The molecule has 6 heteroatoms. The van der Waals surface area contributed by atoms with Crippen LogP contribution in [-0.2, 0) is 12.8 Å². The molecule has 6 nitrogen and oxygen atoms in total. The fraction of sp³-hybridized carbons (Fsp3) is 0.286. The lowest BCUT2D eigenvalue weighted by Gasteiger charge is -2.05. The van der Waals surface area contributed by atoms with Gasteiger partial charge in [0, 0.05) is 6.42 Å². The Morgan fingerprint density at radius 3 is 2.80 bits per heavy atom. The molecule has 3 aromatic rings. The number of aromatic nitrogens is 6. The number of nitrogens with one attached hydrogen (secondary N) is 1. The monoisotopic (exact) mass is 268 g/mol. The predicted octanol–water partition coefficient (Wildman–Crippen LogP) is 1.79. The summed E-state index contributed by atoms with van der Waals surface area (Å²) in [4.78, 5) is 8.46. The number of rotatable bonds is 5. The van der Waals surface area contributed by atoms with Crippen LogP contribution in [0.15, 0.2) is 43.0 Å². The summed E-state index contributed by atoms with van der Waals surface area (Å²) in [6.07, 6.45) is 4.98. The zero-order valence-electron chi connectivity index (χ0n) is 11.3. The van der Waals surface area contributed by atoms with E-state index in [1.54, 1.807) is 11.0 Å². The van der Waals surface area contributed by atoms with Crippen LogP contribution in [0.3, 0.4) is 0 Å². The van der Waals surface area contributed by atoms with Gasteiger partial charge in [0.1, 0.15) is 24.5 Å². The number of hydrogen-bond donors (Lipinski definition) is 1. The Kier molecular flexibility index (Phi) is 3.54. The van der Waals surface area contributed by atoms with Crippen LogP contribution >= 0.6 is 0 Å². The summed E-state index contributed by atoms with van der Waals surface area (Å²) < 4.78 is 1.74. The molecule has 0 amide bonds. The minimum absolute atomic E-state index is 0.0146. The first-order chi connectivity index (χ1) is 9.83. The molecule has 0 saturated heterocycles. The van der Waals surface area contributed by atoms with Gasteiger partial charge in [-0.05, 0) is 18.9 Å². The smallest absolute Gasteiger partial charge is 0.174 e. The molecule has 0 unspecified atom stereocenters. The van der Waals surface area contributed by atoms with Crippen molar-refractivity contribution < 1.29 is 0 Å². The van der Waals surface area contributed by atoms with E-state index in [2.05, 4.69) is 37.4 Å². The van der Waals surface area contributed by atoms with Gasteiger partial charge in [-0.15, -0.1) is 0 Å². The highest BCUT2D eigenvalue weighted by molar-refractivity contribution is 5.15. The number of nitrogens with zero attached hydrogens (tertiary/aromatic N) is 5. The standard InChI is InChI=1S/C14H16N6/c1-11(20-10-15-9-16-20)14-17-13(18-19-14)8-7-12-5-3-2-4-6-12/h2-6,9-11H,7-8H2,1H3,(H,17,18,19)/t11-/m1/s1. The first-order valence-electron chi connectivity index (χ1n) is 6.62. The van der Waals surface area contributed by atoms with E-state index in [1.165, 1.54) is 11.9 Å². The van der Waals surface area contributed by atoms with Gasteiger partial charge in [-0.3, -0.25) is 5.10 Å². The van der Waals surface area contributed by atoms with E-state index in [4.69, 9.17) is 0 Å². The minimum atomic E-state index is -0.0146. The molecule has 0 radical (unpaired) electrons. The highest BCUT2D eigenvalue weighted by Crippen LogP contribution is 2.12. The first kappa shape index (κ1) is 12.5. The van der Waals surface area contributed by atoms with Crippen LogP contribution in [0.4, 0.5) is 0 Å². The molecule has 1 aromatic carbocycles. The van der Waals surface area contributed by atoms with Crippen molar-refractivity contribution in [1.29, 1.82) is 0 Å². The van der Waals surface area contributed by atoms with Gasteiger partial charge in [0.2, 0.25) is 0 Å². The molecule has 1 N–H and O–H groups in total. The van der Waals surface area contributed by atoms with Gasteiger partial charge in [-0.2, -0.15) is 10.2 Å². The van der Waals surface area contributed by atoms with Crippen molar-refractivity contribution in [2.75, 3.05) is 0 Å². The Bertz CT molecular complexity index is 643. The molecule has 0 spiro atoms. The van der Waals surface area contributed by atoms with Crippen molar-refractivity contribution in [2.24, 2.45) is 0 Å². The van der Waals surface area contributed by atoms with Gasteiger partial charge in [0.15, 0.2) is 5.82 Å². The molecule has 0 aliphatic carbocycles. The second-order valence-corrected chi connectivity index (χ2v) is 4.68.